The van der Waals surface area contributed by atoms with Gasteiger partial charge in [-0.1, -0.05) is 5.16 Å². The second-order valence-corrected chi connectivity index (χ2v) is 5.85. The average molecular weight is 318 g/mol. The van der Waals surface area contributed by atoms with Crippen LogP contribution in [0.15, 0.2) is 4.52 Å². The molecule has 8 heteroatoms. The molecule has 0 aromatic carbocycles. The van der Waals surface area contributed by atoms with Crippen LogP contribution in [0.5, 0.6) is 5.88 Å². The Morgan fingerprint density at radius 1 is 1.09 bits per heavy atom. The molecule has 0 spiro atoms. The van der Waals surface area contributed by atoms with Crippen molar-refractivity contribution in [2.24, 2.45) is 0 Å². The van der Waals surface area contributed by atoms with Crippen LogP contribution < -0.4 is 9.64 Å². The molecule has 0 saturated carbocycles. The van der Waals surface area contributed by atoms with Crippen molar-refractivity contribution in [1.82, 2.24) is 25.0 Å². The van der Waals surface area contributed by atoms with E-state index in [1.54, 1.807) is 7.11 Å². The molecule has 1 aliphatic rings. The third kappa shape index (κ3) is 2.98. The molecule has 1 saturated heterocycles. The van der Waals surface area contributed by atoms with Gasteiger partial charge in [-0.15, -0.1) is 0 Å². The van der Waals surface area contributed by atoms with Crippen molar-refractivity contribution in [2.75, 3.05) is 38.7 Å². The minimum Gasteiger partial charge on any atom is -0.481 e. The topological polar surface area (TPSA) is 80.4 Å². The molecule has 23 heavy (non-hydrogen) atoms. The molecule has 0 amide bonds. The number of nitrogens with zero attached hydrogens (tertiary/aromatic N) is 6. The lowest BCUT2D eigenvalue weighted by Crippen LogP contribution is -2.47. The number of aromatic nitrogens is 4. The molecule has 2 aromatic heterocycles. The highest BCUT2D eigenvalue weighted by Gasteiger charge is 2.31. The van der Waals surface area contributed by atoms with E-state index in [0.717, 1.165) is 31.0 Å². The zero-order valence-corrected chi connectivity index (χ0v) is 14.2. The van der Waals surface area contributed by atoms with Gasteiger partial charge in [0.15, 0.2) is 5.82 Å². The van der Waals surface area contributed by atoms with Gasteiger partial charge in [-0.25, -0.2) is 4.98 Å². The quantitative estimate of drug-likeness (QED) is 0.837. The second kappa shape index (κ2) is 6.11. The van der Waals surface area contributed by atoms with E-state index in [1.165, 1.54) is 0 Å². The highest BCUT2D eigenvalue weighted by molar-refractivity contribution is 5.51. The Morgan fingerprint density at radius 3 is 2.52 bits per heavy atom. The second-order valence-electron chi connectivity index (χ2n) is 5.85. The number of methoxy groups -OCH3 is 1. The predicted octanol–water partition coefficient (Wildman–Crippen LogP) is 1.29. The fraction of sp³-hybridized carbons (Fsp3) is 0.600. The normalized spacial score (nSPS) is 19.2. The maximum Gasteiger partial charge on any atom is 0.245 e. The smallest absolute Gasteiger partial charge is 0.245 e. The van der Waals surface area contributed by atoms with E-state index < -0.39 is 0 Å². The number of anilines is 1. The molecule has 2 aromatic rings. The Hall–Kier alpha value is -2.22. The summed E-state index contributed by atoms with van der Waals surface area (Å²) in [5.74, 6) is 3.53. The summed E-state index contributed by atoms with van der Waals surface area (Å²) in [7, 11) is 3.70. The van der Waals surface area contributed by atoms with Crippen LogP contribution in [0.3, 0.4) is 0 Å². The lowest BCUT2D eigenvalue weighted by atomic mass is 10.1. The summed E-state index contributed by atoms with van der Waals surface area (Å²) in [4.78, 5) is 17.8. The van der Waals surface area contributed by atoms with Gasteiger partial charge in [0, 0.05) is 19.6 Å². The molecule has 0 radical (unpaired) electrons. The average Bonchev–Trinajstić information content (AvgIpc) is 2.96. The summed E-state index contributed by atoms with van der Waals surface area (Å²) in [6, 6.07) is 0.0469. The molecule has 8 nitrogen and oxygen atoms in total. The van der Waals surface area contributed by atoms with Crippen LogP contribution >= 0.6 is 0 Å². The van der Waals surface area contributed by atoms with Crippen molar-refractivity contribution >= 4 is 5.82 Å². The molecule has 1 aliphatic heterocycles. The standard InChI is InChI=1S/C15H22N6O2/c1-9-13(16-10(2)17-14(9)22-5)21-7-6-20(4)12(8-21)15-18-11(3)19-23-15/h12H,6-8H2,1-5H3. The molecule has 0 N–H and O–H groups in total. The molecule has 0 aliphatic carbocycles. The monoisotopic (exact) mass is 318 g/mol. The Bertz CT molecular complexity index is 701. The van der Waals surface area contributed by atoms with Crippen LogP contribution in [0.1, 0.15) is 29.1 Å². The summed E-state index contributed by atoms with van der Waals surface area (Å²) in [6.07, 6.45) is 0. The number of rotatable bonds is 3. The highest BCUT2D eigenvalue weighted by atomic mass is 16.5. The van der Waals surface area contributed by atoms with Crippen LogP contribution in [-0.4, -0.2) is 58.8 Å². The summed E-state index contributed by atoms with van der Waals surface area (Å²) >= 11 is 0. The van der Waals surface area contributed by atoms with Crippen molar-refractivity contribution in [3.05, 3.63) is 23.1 Å². The Kier molecular flexibility index (Phi) is 4.16. The van der Waals surface area contributed by atoms with Crippen molar-refractivity contribution in [1.29, 1.82) is 0 Å². The van der Waals surface area contributed by atoms with Gasteiger partial charge in [-0.05, 0) is 27.8 Å². The number of aryl methyl sites for hydroxylation is 2. The van der Waals surface area contributed by atoms with Gasteiger partial charge in [0.05, 0.1) is 12.7 Å². The van der Waals surface area contributed by atoms with Gasteiger partial charge >= 0.3 is 0 Å². The van der Waals surface area contributed by atoms with E-state index in [4.69, 9.17) is 9.26 Å². The first-order chi connectivity index (χ1) is 11.0. The Morgan fingerprint density at radius 2 is 1.87 bits per heavy atom. The van der Waals surface area contributed by atoms with Crippen LogP contribution in [0.2, 0.25) is 0 Å². The molecular formula is C15H22N6O2. The van der Waals surface area contributed by atoms with Crippen molar-refractivity contribution < 1.29 is 9.26 Å². The highest BCUT2D eigenvalue weighted by Crippen LogP contribution is 2.30. The van der Waals surface area contributed by atoms with Gasteiger partial charge in [0.2, 0.25) is 11.8 Å². The molecule has 124 valence electrons. The molecule has 0 bridgehead atoms. The minimum atomic E-state index is 0.0469. The van der Waals surface area contributed by atoms with Crippen LogP contribution in [-0.2, 0) is 0 Å². The van der Waals surface area contributed by atoms with Crippen molar-refractivity contribution in [3.63, 3.8) is 0 Å². The van der Waals surface area contributed by atoms with Gasteiger partial charge < -0.3 is 14.2 Å². The first kappa shape index (κ1) is 15.7. The SMILES string of the molecule is COc1nc(C)nc(N2CCN(C)C(c3nc(C)no3)C2)c1C. The number of hydrogen-bond acceptors (Lipinski definition) is 8. The number of piperazine rings is 1. The zero-order valence-electron chi connectivity index (χ0n) is 14.2. The third-order valence-electron chi connectivity index (χ3n) is 4.16. The lowest BCUT2D eigenvalue weighted by molar-refractivity contribution is 0.177. The molecule has 1 unspecified atom stereocenters. The predicted molar refractivity (Wildman–Crippen MR) is 84.7 cm³/mol. The Balaban J connectivity index is 1.91. The number of ether oxygens (including phenoxy) is 1. The van der Waals surface area contributed by atoms with Crippen molar-refractivity contribution in [3.8, 4) is 5.88 Å². The largest absolute Gasteiger partial charge is 0.481 e. The zero-order chi connectivity index (χ0) is 16.6. The van der Waals surface area contributed by atoms with E-state index in [2.05, 4.69) is 37.0 Å². The van der Waals surface area contributed by atoms with E-state index >= 15 is 0 Å². The summed E-state index contributed by atoms with van der Waals surface area (Å²) in [5.41, 5.74) is 0.947. The fourth-order valence-electron chi connectivity index (χ4n) is 2.88. The molecule has 3 rings (SSSR count). The lowest BCUT2D eigenvalue weighted by Gasteiger charge is -2.38. The number of hydrogen-bond donors (Lipinski definition) is 0. The van der Waals surface area contributed by atoms with Crippen LogP contribution in [0.4, 0.5) is 5.82 Å². The maximum absolute atomic E-state index is 5.37. The molecule has 1 atom stereocenters. The number of likely N-dealkylation sites (N-methyl/N-ethyl adjacent to an activating group) is 1. The van der Waals surface area contributed by atoms with E-state index in [9.17, 15) is 0 Å². The minimum absolute atomic E-state index is 0.0469. The van der Waals surface area contributed by atoms with Gasteiger partial charge in [-0.2, -0.15) is 9.97 Å². The maximum atomic E-state index is 5.37. The van der Waals surface area contributed by atoms with Crippen LogP contribution in [0, 0.1) is 20.8 Å². The summed E-state index contributed by atoms with van der Waals surface area (Å²) in [6.45, 7) is 8.19. The summed E-state index contributed by atoms with van der Waals surface area (Å²) < 4.78 is 10.7. The van der Waals surface area contributed by atoms with Gasteiger partial charge in [-0.3, -0.25) is 4.90 Å². The van der Waals surface area contributed by atoms with E-state index in [1.807, 2.05) is 20.8 Å². The van der Waals surface area contributed by atoms with Crippen LogP contribution in [0.25, 0.3) is 0 Å². The molecule has 3 heterocycles. The Labute approximate surface area is 135 Å². The molecular weight excluding hydrogens is 296 g/mol. The van der Waals surface area contributed by atoms with E-state index in [0.29, 0.717) is 23.4 Å². The van der Waals surface area contributed by atoms with Crippen molar-refractivity contribution in [2.45, 2.75) is 26.8 Å². The fourth-order valence-corrected chi connectivity index (χ4v) is 2.88. The first-order valence-corrected chi connectivity index (χ1v) is 7.64. The molecule has 1 fully saturated rings. The first-order valence-electron chi connectivity index (χ1n) is 7.64. The third-order valence-corrected chi connectivity index (χ3v) is 4.16. The summed E-state index contributed by atoms with van der Waals surface area (Å²) in [5, 5.41) is 3.91. The van der Waals surface area contributed by atoms with Gasteiger partial charge in [0.1, 0.15) is 17.7 Å². The van der Waals surface area contributed by atoms with Gasteiger partial charge in [0.25, 0.3) is 0 Å². The van der Waals surface area contributed by atoms with E-state index in [-0.39, 0.29) is 6.04 Å².